The third-order valence-corrected chi connectivity index (χ3v) is 28.2. The van der Waals surface area contributed by atoms with Gasteiger partial charge in [0.15, 0.2) is 33.5 Å². The molecule has 12 atom stereocenters. The Morgan fingerprint density at radius 3 is 1.05 bits per heavy atom. The molecule has 12 aliphatic heterocycles. The molecule has 0 bridgehead atoms. The summed E-state index contributed by atoms with van der Waals surface area (Å²) in [4.78, 5) is 141. The van der Waals surface area contributed by atoms with Crippen LogP contribution in [0.5, 0.6) is 0 Å². The molecule has 0 unspecified atom stereocenters. The van der Waals surface area contributed by atoms with Crippen LogP contribution in [0.25, 0.3) is 66.6 Å². The first-order valence-electron chi connectivity index (χ1n) is 47.2. The van der Waals surface area contributed by atoms with Crippen LogP contribution in [0.2, 0.25) is 0 Å². The third kappa shape index (κ3) is 20.2. The van der Waals surface area contributed by atoms with Crippen LogP contribution in [0.4, 0.5) is 48.5 Å². The van der Waals surface area contributed by atoms with Gasteiger partial charge in [0.2, 0.25) is 0 Å². The van der Waals surface area contributed by atoms with Crippen LogP contribution in [0.1, 0.15) is 114 Å². The highest BCUT2D eigenvalue weighted by atomic mass is 16.6. The summed E-state index contributed by atoms with van der Waals surface area (Å²) in [5.41, 5.74) is 13.2. The first-order chi connectivity index (χ1) is 63.8. The Labute approximate surface area is 765 Å². The third-order valence-electron chi connectivity index (χ3n) is 28.2. The number of aromatic nitrogens is 6. The first-order valence-corrected chi connectivity index (χ1v) is 47.2. The number of nitrogens with zero attached hydrogens (tertiary/aromatic N) is 9. The molecular formula is C97H122N18O18. The maximum Gasteiger partial charge on any atom is 0.417 e. The summed E-state index contributed by atoms with van der Waals surface area (Å²) in [6.45, 7) is 36.0. The summed E-state index contributed by atoms with van der Waals surface area (Å²) in [6.07, 6.45) is 8.77. The summed E-state index contributed by atoms with van der Waals surface area (Å²) >= 11 is 0. The Morgan fingerprint density at radius 1 is 0.308 bits per heavy atom. The van der Waals surface area contributed by atoms with E-state index in [4.69, 9.17) is 40.7 Å². The van der Waals surface area contributed by atoms with Crippen molar-refractivity contribution in [1.29, 1.82) is 0 Å². The Morgan fingerprint density at radius 2 is 0.624 bits per heavy atom. The zero-order valence-electron chi connectivity index (χ0n) is 77.0. The molecule has 12 saturated heterocycles. The van der Waals surface area contributed by atoms with Crippen molar-refractivity contribution >= 4 is 119 Å². The number of anilines is 6. The number of nitrogens with one attached hydrogen (secondary N) is 9. The van der Waals surface area contributed by atoms with Crippen LogP contribution in [0, 0.1) is 47.3 Å². The molecule has 18 heterocycles. The SMILES string of the molecule is CC(C)(C)OC(=O)N1CCC[C@@H]2CN(c3ccc4[nH]c(=O)oc4c3)C[C@@H]21.CC(C)(C)OC(=O)N1C[C@@H]2CCCN(c3ccc4[nH]c(=O)oc4c3)[C@@H]2C1.CC(C)(C)OC(=O)N1C[C@@H]2CN(c3ccc4[nH]c(=O)oc4c3)C[C@@H]2C1.O=c1[nH]c2ccc(N3CCC[C@H]4CNC[C@H]43)cc2o1.O=c1[nH]c2ccc(N3C[C@H]4CCCN[C@H]4C3)cc2o1.O=c1[nH]c2ccc(N3C[C@H]4CNC[C@H]4C3)cc2o1. The van der Waals surface area contributed by atoms with Gasteiger partial charge >= 0.3 is 52.8 Å². The van der Waals surface area contributed by atoms with E-state index >= 15 is 0 Å². The van der Waals surface area contributed by atoms with Crippen molar-refractivity contribution in [3.8, 4) is 0 Å². The van der Waals surface area contributed by atoms with Crippen molar-refractivity contribution in [1.82, 2.24) is 60.6 Å². The van der Waals surface area contributed by atoms with E-state index < -0.39 is 34.1 Å². The zero-order chi connectivity index (χ0) is 92.5. The second-order valence-corrected chi connectivity index (χ2v) is 40.8. The number of hydrogen-bond donors (Lipinski definition) is 9. The van der Waals surface area contributed by atoms with Crippen molar-refractivity contribution in [3.05, 3.63) is 172 Å². The number of hydrogen-bond acceptors (Lipinski definition) is 27. The standard InChI is InChI=1S/2C19H25N3O4.C18H23N3O4.2C14H17N3O2.C13H15N3O2/c1-19(2,3)26-18(24)21-10-12-5-4-8-22(15(12)11-21)13-6-7-14-16(9-13)25-17(23)20-14;1-19(2,3)26-18(24)22-8-4-5-12-10-21(11-15(12)22)13-6-7-14-16(9-13)25-17(23)20-14;1-18(2,3)25-17(23)21-9-11-7-20(8-12(11)10-21)13-4-5-14-15(6-13)24-16(22)19-14;18-14-16-11-4-3-10(6-13(11)19-14)17-5-1-2-9-7-15-8-12(9)17;18-14-16-11-4-3-10(6-13(11)19-14)17-7-9-2-1-5-15-12(9)8-17;17-13-15-11-2-1-10(3-12(11)18-13)16-6-8-4-14-5-9(8)7-16/h2*6-7,9,12,15H,4-5,8,10-11H2,1-3H3,(H,20,23);4-6,11-12H,7-10H2,1-3H3,(H,19,22);2*3-4,6,9,12,15H,1-2,5,7-8H2,(H,16,18);1-3,8-9,14H,4-7H2,(H,15,17)/t2*12-,15+;11-,12+;2*9-,12+;8-,9+/m01.01./s1. The second kappa shape index (κ2) is 36.8. The Kier molecular flexibility index (Phi) is 24.8. The molecule has 0 spiro atoms. The minimum absolute atomic E-state index is 0.160. The van der Waals surface area contributed by atoms with Crippen LogP contribution in [0.3, 0.4) is 0 Å². The molecular weight excluding hydrogens is 1710 g/mol. The highest BCUT2D eigenvalue weighted by molar-refractivity contribution is 5.82. The molecule has 12 aliphatic rings. The van der Waals surface area contributed by atoms with Gasteiger partial charge in [-0.05, 0) is 229 Å². The van der Waals surface area contributed by atoms with Crippen LogP contribution in [-0.2, 0) is 14.2 Å². The van der Waals surface area contributed by atoms with E-state index in [9.17, 15) is 43.2 Å². The number of carbonyl (C=O) groups excluding carboxylic acids is 3. The molecule has 24 rings (SSSR count). The van der Waals surface area contributed by atoms with E-state index in [1.54, 1.807) is 0 Å². The molecule has 0 saturated carbocycles. The van der Waals surface area contributed by atoms with Crippen LogP contribution >= 0.6 is 0 Å². The minimum atomic E-state index is -0.487. The van der Waals surface area contributed by atoms with Gasteiger partial charge < -0.3 is 101 Å². The lowest BCUT2D eigenvalue weighted by Gasteiger charge is -2.38. The maximum absolute atomic E-state index is 12.6. The van der Waals surface area contributed by atoms with E-state index in [1.165, 1.54) is 25.7 Å². The number of likely N-dealkylation sites (tertiary alicyclic amines) is 3. The fourth-order valence-corrected chi connectivity index (χ4v) is 22.1. The number of ether oxygens (including phenoxy) is 3. The monoisotopic (exact) mass is 1830 g/mol. The van der Waals surface area contributed by atoms with Gasteiger partial charge in [0.25, 0.3) is 0 Å². The average molecular weight is 1830 g/mol. The van der Waals surface area contributed by atoms with Gasteiger partial charge in [-0.3, -0.25) is 29.9 Å². The number of oxazole rings is 6. The van der Waals surface area contributed by atoms with Gasteiger partial charge in [0, 0.05) is 219 Å². The summed E-state index contributed by atoms with van der Waals surface area (Å²) in [6, 6.07) is 36.8. The number of H-pyrrole nitrogens is 6. The molecule has 133 heavy (non-hydrogen) atoms. The fourth-order valence-electron chi connectivity index (χ4n) is 22.1. The molecule has 12 fully saturated rings. The number of piperidine rings is 4. The van der Waals surface area contributed by atoms with E-state index in [2.05, 4.69) is 93.5 Å². The number of fused-ring (bicyclic) bond motifs is 12. The van der Waals surface area contributed by atoms with Crippen molar-refractivity contribution in [2.24, 2.45) is 47.3 Å². The lowest BCUT2D eigenvalue weighted by molar-refractivity contribution is 0.00659. The predicted molar refractivity (Wildman–Crippen MR) is 507 cm³/mol. The smallest absolute Gasteiger partial charge is 0.417 e. The van der Waals surface area contributed by atoms with E-state index in [1.807, 2.05) is 168 Å². The largest absolute Gasteiger partial charge is 0.444 e. The molecule has 3 amide bonds. The zero-order valence-corrected chi connectivity index (χ0v) is 77.0. The molecule has 708 valence electrons. The molecule has 36 nitrogen and oxygen atoms in total. The predicted octanol–water partition coefficient (Wildman–Crippen LogP) is 11.7. The number of amides is 3. The lowest BCUT2D eigenvalue weighted by Crippen LogP contribution is -2.50. The lowest BCUT2D eigenvalue weighted by atomic mass is 9.91. The molecule has 36 heteroatoms. The van der Waals surface area contributed by atoms with Crippen LogP contribution < -0.4 is 79.9 Å². The normalized spacial score (nSPS) is 24.8. The molecule has 0 aliphatic carbocycles. The molecule has 6 aromatic heterocycles. The van der Waals surface area contributed by atoms with E-state index in [-0.39, 0.29) is 47.6 Å². The van der Waals surface area contributed by atoms with Crippen LogP contribution in [0.15, 0.2) is 164 Å². The van der Waals surface area contributed by atoms with E-state index in [0.29, 0.717) is 92.3 Å². The highest BCUT2D eigenvalue weighted by Crippen LogP contribution is 2.42. The molecule has 12 aromatic rings. The Hall–Kier alpha value is -12.6. The average Bonchev–Trinajstić information content (AvgIpc) is 1.72. The summed E-state index contributed by atoms with van der Waals surface area (Å²) in [5.74, 6) is 2.33. The highest BCUT2D eigenvalue weighted by Gasteiger charge is 2.47. The van der Waals surface area contributed by atoms with Gasteiger partial charge in [-0.15, -0.1) is 0 Å². The molecule has 6 aromatic carbocycles. The van der Waals surface area contributed by atoms with Gasteiger partial charge in [-0.2, -0.15) is 0 Å². The van der Waals surface area contributed by atoms with Crippen molar-refractivity contribution in [2.45, 2.75) is 155 Å². The Bertz CT molecular complexity index is 6560. The van der Waals surface area contributed by atoms with Crippen molar-refractivity contribution in [3.63, 3.8) is 0 Å². The number of benzene rings is 6. The fraction of sp³-hybridized carbons (Fsp3) is 0.536. The van der Waals surface area contributed by atoms with Gasteiger partial charge in [0.1, 0.15) is 16.8 Å². The van der Waals surface area contributed by atoms with Crippen LogP contribution in [-0.4, -0.2) is 235 Å². The number of aromatic amines is 6. The first kappa shape index (κ1) is 89.6. The van der Waals surface area contributed by atoms with Crippen molar-refractivity contribution in [2.75, 3.05) is 160 Å². The molecule has 9 N–H and O–H groups in total. The van der Waals surface area contributed by atoms with E-state index in [0.717, 1.165) is 224 Å². The maximum atomic E-state index is 12.6. The summed E-state index contributed by atoms with van der Waals surface area (Å²) in [5, 5.41) is 10.5. The molecule has 0 radical (unpaired) electrons. The van der Waals surface area contributed by atoms with Crippen molar-refractivity contribution < 1.29 is 55.1 Å². The minimum Gasteiger partial charge on any atom is -0.444 e. The topological polar surface area (TPSA) is 420 Å². The second-order valence-electron chi connectivity index (χ2n) is 40.8. The Balaban J connectivity index is 0.000000103. The van der Waals surface area contributed by atoms with Gasteiger partial charge in [-0.25, -0.2) is 43.2 Å². The summed E-state index contributed by atoms with van der Waals surface area (Å²) < 4.78 is 47.6. The summed E-state index contributed by atoms with van der Waals surface area (Å²) in [7, 11) is 0. The van der Waals surface area contributed by atoms with Gasteiger partial charge in [-0.1, -0.05) is 0 Å². The number of carbonyl (C=O) groups is 3. The quantitative estimate of drug-likeness (QED) is 0.0698. The number of rotatable bonds is 6. The van der Waals surface area contributed by atoms with Gasteiger partial charge in [0.05, 0.1) is 45.2 Å².